The van der Waals surface area contributed by atoms with Gasteiger partial charge in [0.05, 0.1) is 21.9 Å². The van der Waals surface area contributed by atoms with E-state index in [0.717, 1.165) is 22.7 Å². The number of hydrogen-bond donors (Lipinski definition) is 0. The van der Waals surface area contributed by atoms with E-state index in [2.05, 4.69) is 0 Å². The van der Waals surface area contributed by atoms with Crippen LogP contribution in [0.5, 0.6) is 11.5 Å². The van der Waals surface area contributed by atoms with Gasteiger partial charge in [-0.25, -0.2) is 0 Å². The zero-order chi connectivity index (χ0) is 26.9. The number of nitrogens with zero attached hydrogens (tertiary/aromatic N) is 2. The van der Waals surface area contributed by atoms with E-state index in [0.29, 0.717) is 33.3 Å². The molecule has 37 heavy (non-hydrogen) atoms. The SMILES string of the molecule is O=C1S/C(=C/c2cccc(Oc3ccc(C(F)(F)F)cc3[N+](=O)[O-])c2)C(=O)N1Cc1ccc(Cl)cc1Cl. The zero-order valence-electron chi connectivity index (χ0n) is 18.3. The van der Waals surface area contributed by atoms with E-state index in [1.54, 1.807) is 18.2 Å². The number of benzene rings is 3. The lowest BCUT2D eigenvalue weighted by Gasteiger charge is -2.13. The molecule has 0 saturated carbocycles. The summed E-state index contributed by atoms with van der Waals surface area (Å²) >= 11 is 12.7. The van der Waals surface area contributed by atoms with Gasteiger partial charge in [0, 0.05) is 16.1 Å². The standard InChI is InChI=1S/C24H13Cl2F3N2O5S/c25-16-6-4-14(18(26)11-16)12-30-22(32)21(37-23(30)33)9-13-2-1-3-17(8-13)36-20-7-5-15(24(27,28)29)10-19(20)31(34)35/h1-11H,12H2/b21-9+. The topological polar surface area (TPSA) is 89.7 Å². The lowest BCUT2D eigenvalue weighted by molar-refractivity contribution is -0.385. The molecule has 1 fully saturated rings. The summed E-state index contributed by atoms with van der Waals surface area (Å²) in [5.74, 6) is -0.871. The number of imide groups is 1. The molecule has 3 aromatic carbocycles. The first-order chi connectivity index (χ1) is 17.4. The number of alkyl halides is 3. The first-order valence-electron chi connectivity index (χ1n) is 10.3. The minimum Gasteiger partial charge on any atom is -0.450 e. The third kappa shape index (κ3) is 6.07. The fourth-order valence-electron chi connectivity index (χ4n) is 3.33. The van der Waals surface area contributed by atoms with Gasteiger partial charge in [0.1, 0.15) is 5.75 Å². The average Bonchev–Trinajstić information content (AvgIpc) is 3.07. The van der Waals surface area contributed by atoms with Crippen molar-refractivity contribution in [2.24, 2.45) is 0 Å². The number of hydrogen-bond acceptors (Lipinski definition) is 6. The number of amides is 2. The summed E-state index contributed by atoms with van der Waals surface area (Å²) < 4.78 is 44.3. The van der Waals surface area contributed by atoms with Crippen molar-refractivity contribution in [1.29, 1.82) is 0 Å². The second kappa shape index (κ2) is 10.4. The number of halogens is 5. The largest absolute Gasteiger partial charge is 0.450 e. The van der Waals surface area contributed by atoms with Gasteiger partial charge < -0.3 is 4.74 Å². The first kappa shape index (κ1) is 26.5. The Kier molecular flexibility index (Phi) is 7.49. The number of rotatable bonds is 6. The molecular weight excluding hydrogens is 556 g/mol. The Hall–Kier alpha value is -3.54. The smallest absolute Gasteiger partial charge is 0.416 e. The van der Waals surface area contributed by atoms with E-state index >= 15 is 0 Å². The molecule has 1 heterocycles. The van der Waals surface area contributed by atoms with Crippen LogP contribution in [0.1, 0.15) is 16.7 Å². The summed E-state index contributed by atoms with van der Waals surface area (Å²) in [5.41, 5.74) is -1.09. The Morgan fingerprint density at radius 3 is 2.49 bits per heavy atom. The highest BCUT2D eigenvalue weighted by atomic mass is 35.5. The fraction of sp³-hybridized carbons (Fsp3) is 0.0833. The van der Waals surface area contributed by atoms with E-state index in [-0.39, 0.29) is 17.2 Å². The van der Waals surface area contributed by atoms with Gasteiger partial charge in [-0.1, -0.05) is 41.4 Å². The van der Waals surface area contributed by atoms with E-state index in [4.69, 9.17) is 27.9 Å². The predicted octanol–water partition coefficient (Wildman–Crippen LogP) is 7.95. The maximum absolute atomic E-state index is 12.9. The third-order valence-electron chi connectivity index (χ3n) is 5.08. The van der Waals surface area contributed by atoms with E-state index in [1.807, 2.05) is 0 Å². The molecule has 7 nitrogen and oxygen atoms in total. The summed E-state index contributed by atoms with van der Waals surface area (Å²) in [4.78, 5) is 36.8. The fourth-order valence-corrected chi connectivity index (χ4v) is 4.63. The van der Waals surface area contributed by atoms with Gasteiger partial charge in [-0.15, -0.1) is 0 Å². The van der Waals surface area contributed by atoms with Crippen molar-refractivity contribution in [2.45, 2.75) is 12.7 Å². The Morgan fingerprint density at radius 1 is 1.05 bits per heavy atom. The molecule has 1 aliphatic heterocycles. The molecular formula is C24H13Cl2F3N2O5S. The molecule has 3 aromatic rings. The number of thioether (sulfide) groups is 1. The van der Waals surface area contributed by atoms with E-state index in [1.165, 1.54) is 30.3 Å². The zero-order valence-corrected chi connectivity index (χ0v) is 20.6. The van der Waals surface area contributed by atoms with Gasteiger partial charge in [-0.05, 0) is 65.4 Å². The average molecular weight is 569 g/mol. The van der Waals surface area contributed by atoms with Crippen molar-refractivity contribution in [3.8, 4) is 11.5 Å². The Bertz CT molecular complexity index is 1460. The molecule has 0 unspecified atom stereocenters. The van der Waals surface area contributed by atoms with Crippen molar-refractivity contribution < 1.29 is 32.4 Å². The highest BCUT2D eigenvalue weighted by molar-refractivity contribution is 8.18. The molecule has 0 atom stereocenters. The molecule has 13 heteroatoms. The Balaban J connectivity index is 1.56. The van der Waals surface area contributed by atoms with Crippen molar-refractivity contribution in [1.82, 2.24) is 4.90 Å². The van der Waals surface area contributed by atoms with Crippen LogP contribution in [0, 0.1) is 10.1 Å². The van der Waals surface area contributed by atoms with Crippen LogP contribution in [0.15, 0.2) is 65.6 Å². The highest BCUT2D eigenvalue weighted by Crippen LogP contribution is 2.39. The van der Waals surface area contributed by atoms with Crippen LogP contribution in [0.2, 0.25) is 10.0 Å². The monoisotopic (exact) mass is 568 g/mol. The van der Waals surface area contributed by atoms with Gasteiger partial charge in [0.2, 0.25) is 5.75 Å². The molecule has 0 aliphatic carbocycles. The van der Waals surface area contributed by atoms with E-state index < -0.39 is 39.2 Å². The van der Waals surface area contributed by atoms with Gasteiger partial charge in [-0.3, -0.25) is 24.6 Å². The second-order valence-electron chi connectivity index (χ2n) is 7.62. The summed E-state index contributed by atoms with van der Waals surface area (Å²) in [6, 6.07) is 12.6. The van der Waals surface area contributed by atoms with Gasteiger partial charge in [0.25, 0.3) is 11.1 Å². The van der Waals surface area contributed by atoms with Crippen molar-refractivity contribution in [2.75, 3.05) is 0 Å². The number of nitro benzene ring substituents is 1. The van der Waals surface area contributed by atoms with Crippen LogP contribution in [0.25, 0.3) is 6.08 Å². The Morgan fingerprint density at radius 2 is 1.81 bits per heavy atom. The molecule has 190 valence electrons. The number of nitro groups is 1. The molecule has 0 bridgehead atoms. The first-order valence-corrected chi connectivity index (χ1v) is 11.8. The van der Waals surface area contributed by atoms with Crippen LogP contribution in [0.4, 0.5) is 23.7 Å². The molecule has 0 N–H and O–H groups in total. The predicted molar refractivity (Wildman–Crippen MR) is 133 cm³/mol. The van der Waals surface area contributed by atoms with Crippen molar-refractivity contribution in [3.05, 3.63) is 102 Å². The Labute approximate surface area is 221 Å². The summed E-state index contributed by atoms with van der Waals surface area (Å²) in [6.45, 7) is -0.0568. The lowest BCUT2D eigenvalue weighted by Crippen LogP contribution is -2.27. The van der Waals surface area contributed by atoms with Crippen LogP contribution < -0.4 is 4.74 Å². The molecule has 2 amide bonds. The summed E-state index contributed by atoms with van der Waals surface area (Å²) in [7, 11) is 0. The number of carbonyl (C=O) groups is 2. The summed E-state index contributed by atoms with van der Waals surface area (Å²) in [5, 5.41) is 11.5. The summed E-state index contributed by atoms with van der Waals surface area (Å²) in [6.07, 6.45) is -3.33. The highest BCUT2D eigenvalue weighted by Gasteiger charge is 2.36. The molecule has 1 saturated heterocycles. The molecule has 0 aromatic heterocycles. The van der Waals surface area contributed by atoms with Crippen LogP contribution in [-0.4, -0.2) is 21.0 Å². The maximum atomic E-state index is 12.9. The third-order valence-corrected chi connectivity index (χ3v) is 6.58. The van der Waals surface area contributed by atoms with Crippen molar-refractivity contribution in [3.63, 3.8) is 0 Å². The number of ether oxygens (including phenoxy) is 1. The van der Waals surface area contributed by atoms with Crippen LogP contribution >= 0.6 is 35.0 Å². The molecule has 4 rings (SSSR count). The quantitative estimate of drug-likeness (QED) is 0.170. The molecule has 0 spiro atoms. The minimum atomic E-state index is -4.76. The van der Waals surface area contributed by atoms with Crippen LogP contribution in [0.3, 0.4) is 0 Å². The maximum Gasteiger partial charge on any atom is 0.416 e. The van der Waals surface area contributed by atoms with E-state index in [9.17, 15) is 32.9 Å². The van der Waals surface area contributed by atoms with Crippen molar-refractivity contribution >= 4 is 57.9 Å². The van der Waals surface area contributed by atoms with Crippen LogP contribution in [-0.2, 0) is 17.5 Å². The molecule has 1 aliphatic rings. The van der Waals surface area contributed by atoms with Gasteiger partial charge >= 0.3 is 11.9 Å². The molecule has 0 radical (unpaired) electrons. The van der Waals surface area contributed by atoms with Gasteiger partial charge in [0.15, 0.2) is 0 Å². The minimum absolute atomic E-state index is 0.0568. The normalized spacial score (nSPS) is 14.9. The van der Waals surface area contributed by atoms with Gasteiger partial charge in [-0.2, -0.15) is 13.2 Å². The number of carbonyl (C=O) groups excluding carboxylic acids is 2. The lowest BCUT2D eigenvalue weighted by atomic mass is 10.1. The second-order valence-corrected chi connectivity index (χ2v) is 9.45.